The van der Waals surface area contributed by atoms with Crippen LogP contribution in [0.15, 0.2) is 18.2 Å². The molecule has 0 aliphatic carbocycles. The first kappa shape index (κ1) is 17.2. The molecule has 1 aromatic rings. The Morgan fingerprint density at radius 3 is 2.81 bits per heavy atom. The zero-order valence-corrected chi connectivity index (χ0v) is 13.0. The Morgan fingerprint density at radius 1 is 1.48 bits per heavy atom. The van der Waals surface area contributed by atoms with Crippen LogP contribution in [0.5, 0.6) is 0 Å². The number of methoxy groups -OCH3 is 1. The molecule has 0 heterocycles. The highest BCUT2D eigenvalue weighted by Gasteiger charge is 2.13. The number of carbonyl (C=O) groups is 1. The van der Waals surface area contributed by atoms with Gasteiger partial charge in [-0.3, -0.25) is 4.79 Å². The van der Waals surface area contributed by atoms with E-state index in [2.05, 4.69) is 24.1 Å². The highest BCUT2D eigenvalue weighted by atomic mass is 16.5. The average molecular weight is 288 g/mol. The first-order chi connectivity index (χ1) is 10.1. The number of hydrogen-bond donors (Lipinski definition) is 2. The predicted octanol–water partition coefficient (Wildman–Crippen LogP) is 1.85. The molecule has 1 aromatic carbocycles. The number of carbonyl (C=O) groups excluding carboxylic acids is 1. The quantitative estimate of drug-likeness (QED) is 0.785. The van der Waals surface area contributed by atoms with Crippen LogP contribution in [0.2, 0.25) is 0 Å². The largest absolute Gasteiger partial charge is 0.383 e. The van der Waals surface area contributed by atoms with Crippen molar-refractivity contribution >= 4 is 5.91 Å². The number of rotatable bonds is 6. The molecule has 21 heavy (non-hydrogen) atoms. The molecule has 0 bridgehead atoms. The van der Waals surface area contributed by atoms with Crippen molar-refractivity contribution in [1.29, 1.82) is 0 Å². The van der Waals surface area contributed by atoms with Gasteiger partial charge in [-0.1, -0.05) is 25.2 Å². The molecular weight excluding hydrogens is 264 g/mol. The fraction of sp³-hybridized carbons (Fsp3) is 0.471. The summed E-state index contributed by atoms with van der Waals surface area (Å²) in [5, 5.41) is 3.01. The topological polar surface area (TPSA) is 64.3 Å². The van der Waals surface area contributed by atoms with E-state index in [0.29, 0.717) is 18.7 Å². The van der Waals surface area contributed by atoms with Crippen LogP contribution in [-0.2, 0) is 4.74 Å². The van der Waals surface area contributed by atoms with Crippen LogP contribution in [0.4, 0.5) is 0 Å². The maximum absolute atomic E-state index is 12.3. The predicted molar refractivity (Wildman–Crippen MR) is 85.1 cm³/mol. The van der Waals surface area contributed by atoms with Crippen molar-refractivity contribution in [2.75, 3.05) is 20.3 Å². The lowest BCUT2D eigenvalue weighted by atomic mass is 10.0. The van der Waals surface area contributed by atoms with Crippen LogP contribution < -0.4 is 11.1 Å². The molecule has 0 aromatic heterocycles. The minimum absolute atomic E-state index is 0.0458. The molecule has 0 radical (unpaired) electrons. The molecule has 1 rings (SSSR count). The maximum Gasteiger partial charge on any atom is 0.251 e. The molecule has 4 nitrogen and oxygen atoms in total. The van der Waals surface area contributed by atoms with E-state index in [1.807, 2.05) is 19.1 Å². The molecule has 3 N–H and O–H groups in total. The van der Waals surface area contributed by atoms with E-state index in [1.165, 1.54) is 0 Å². The maximum atomic E-state index is 12.3. The monoisotopic (exact) mass is 288 g/mol. The summed E-state index contributed by atoms with van der Waals surface area (Å²) in [6.07, 6.45) is 1.90. The third kappa shape index (κ3) is 5.58. The fourth-order valence-electron chi connectivity index (χ4n) is 2.11. The summed E-state index contributed by atoms with van der Waals surface area (Å²) in [6, 6.07) is 5.55. The van der Waals surface area contributed by atoms with Gasteiger partial charge in [0, 0.05) is 18.2 Å². The third-order valence-electron chi connectivity index (χ3n) is 3.15. The third-order valence-corrected chi connectivity index (χ3v) is 3.15. The van der Waals surface area contributed by atoms with Gasteiger partial charge in [0.05, 0.1) is 19.2 Å². The van der Waals surface area contributed by atoms with Crippen molar-refractivity contribution in [3.8, 4) is 11.8 Å². The number of aryl methyl sites for hydroxylation is 1. The zero-order chi connectivity index (χ0) is 15.7. The first-order valence-electron chi connectivity index (χ1n) is 7.21. The van der Waals surface area contributed by atoms with E-state index in [-0.39, 0.29) is 11.9 Å². The Labute approximate surface area is 127 Å². The Hall–Kier alpha value is -1.83. The van der Waals surface area contributed by atoms with Crippen LogP contribution in [-0.4, -0.2) is 32.2 Å². The van der Waals surface area contributed by atoms with Gasteiger partial charge in [-0.25, -0.2) is 0 Å². The Balaban J connectivity index is 2.80. The van der Waals surface area contributed by atoms with Crippen LogP contribution in [0.3, 0.4) is 0 Å². The van der Waals surface area contributed by atoms with Crippen LogP contribution >= 0.6 is 0 Å². The first-order valence-corrected chi connectivity index (χ1v) is 7.21. The van der Waals surface area contributed by atoms with Gasteiger partial charge >= 0.3 is 0 Å². The molecule has 0 fully saturated rings. The van der Waals surface area contributed by atoms with E-state index in [9.17, 15) is 4.79 Å². The second kappa shape index (κ2) is 9.17. The normalized spacial score (nSPS) is 11.4. The molecule has 1 unspecified atom stereocenters. The molecule has 0 saturated carbocycles. The summed E-state index contributed by atoms with van der Waals surface area (Å²) in [5.41, 5.74) is 7.88. The highest BCUT2D eigenvalue weighted by Crippen LogP contribution is 2.11. The number of nitrogens with one attached hydrogen (secondary N) is 1. The fourth-order valence-corrected chi connectivity index (χ4v) is 2.11. The smallest absolute Gasteiger partial charge is 0.251 e. The van der Waals surface area contributed by atoms with E-state index in [1.54, 1.807) is 13.2 Å². The second-order valence-electron chi connectivity index (χ2n) is 4.95. The minimum Gasteiger partial charge on any atom is -0.383 e. The Morgan fingerprint density at radius 2 is 2.24 bits per heavy atom. The summed E-state index contributed by atoms with van der Waals surface area (Å²) < 4.78 is 5.14. The van der Waals surface area contributed by atoms with Crippen molar-refractivity contribution in [1.82, 2.24) is 5.32 Å². The number of amides is 1. The molecule has 114 valence electrons. The zero-order valence-electron chi connectivity index (χ0n) is 13.0. The summed E-state index contributed by atoms with van der Waals surface area (Å²) in [4.78, 5) is 12.3. The van der Waals surface area contributed by atoms with E-state index in [4.69, 9.17) is 10.5 Å². The highest BCUT2D eigenvalue weighted by molar-refractivity contribution is 5.94. The van der Waals surface area contributed by atoms with Crippen LogP contribution in [0, 0.1) is 18.8 Å². The standard InChI is InChI=1S/C17H24N2O2/c1-4-6-16(12-21-3)19-17(20)15-9-8-14(7-5-10-18)13(2)11-15/h8-9,11,16H,4,6,10,12,18H2,1-3H3,(H,19,20). The summed E-state index contributed by atoms with van der Waals surface area (Å²) in [6.45, 7) is 4.88. The number of hydrogen-bond acceptors (Lipinski definition) is 3. The molecule has 1 amide bonds. The number of nitrogens with two attached hydrogens (primary N) is 1. The van der Waals surface area contributed by atoms with Crippen LogP contribution in [0.25, 0.3) is 0 Å². The van der Waals surface area contributed by atoms with Gasteiger partial charge in [-0.15, -0.1) is 0 Å². The Bertz CT molecular complexity index is 523. The van der Waals surface area contributed by atoms with Crippen molar-refractivity contribution in [3.63, 3.8) is 0 Å². The van der Waals surface area contributed by atoms with Crippen molar-refractivity contribution < 1.29 is 9.53 Å². The average Bonchev–Trinajstić information content (AvgIpc) is 2.46. The molecule has 0 saturated heterocycles. The van der Waals surface area contributed by atoms with Gasteiger partial charge in [-0.2, -0.15) is 0 Å². The molecule has 0 aliphatic rings. The lowest BCUT2D eigenvalue weighted by Crippen LogP contribution is -2.37. The SMILES string of the molecule is CCCC(COC)NC(=O)c1ccc(C#CCN)c(C)c1. The minimum atomic E-state index is -0.0769. The number of benzene rings is 1. The molecule has 0 spiro atoms. The van der Waals surface area contributed by atoms with Crippen LogP contribution in [0.1, 0.15) is 41.3 Å². The van der Waals surface area contributed by atoms with Gasteiger partial charge in [0.15, 0.2) is 0 Å². The van der Waals surface area contributed by atoms with Gasteiger partial charge < -0.3 is 15.8 Å². The molecule has 1 atom stereocenters. The van der Waals surface area contributed by atoms with Crippen molar-refractivity contribution in [2.45, 2.75) is 32.7 Å². The van der Waals surface area contributed by atoms with E-state index in [0.717, 1.165) is 24.0 Å². The van der Waals surface area contributed by atoms with Gasteiger partial charge in [0.2, 0.25) is 0 Å². The van der Waals surface area contributed by atoms with E-state index >= 15 is 0 Å². The summed E-state index contributed by atoms with van der Waals surface area (Å²) in [7, 11) is 1.64. The number of ether oxygens (including phenoxy) is 1. The summed E-state index contributed by atoms with van der Waals surface area (Å²) in [5.74, 6) is 5.74. The van der Waals surface area contributed by atoms with Crippen molar-refractivity contribution in [2.24, 2.45) is 5.73 Å². The Kier molecular flexibility index (Phi) is 7.52. The molecule has 0 aliphatic heterocycles. The molecular formula is C17H24N2O2. The summed E-state index contributed by atoms with van der Waals surface area (Å²) >= 11 is 0. The second-order valence-corrected chi connectivity index (χ2v) is 4.95. The van der Waals surface area contributed by atoms with E-state index < -0.39 is 0 Å². The van der Waals surface area contributed by atoms with Gasteiger partial charge in [0.1, 0.15) is 0 Å². The van der Waals surface area contributed by atoms with Gasteiger partial charge in [0.25, 0.3) is 5.91 Å². The lowest BCUT2D eigenvalue weighted by molar-refractivity contribution is 0.0891. The van der Waals surface area contributed by atoms with Crippen molar-refractivity contribution in [3.05, 3.63) is 34.9 Å². The van der Waals surface area contributed by atoms with Gasteiger partial charge in [-0.05, 0) is 37.1 Å². The lowest BCUT2D eigenvalue weighted by Gasteiger charge is -2.17. The molecule has 4 heteroatoms.